The highest BCUT2D eigenvalue weighted by molar-refractivity contribution is 9.10. The Morgan fingerprint density at radius 3 is 2.26 bits per heavy atom. The molecule has 1 saturated carbocycles. The number of imide groups is 2. The smallest absolute Gasteiger partial charge is 0.262 e. The third kappa shape index (κ3) is 8.63. The number of anilines is 6. The van der Waals surface area contributed by atoms with Crippen LogP contribution in [0.1, 0.15) is 59.2 Å². The molecule has 1 atom stereocenters. The van der Waals surface area contributed by atoms with Crippen molar-refractivity contribution in [3.8, 4) is 16.9 Å². The number of rotatable bonds is 11. The largest absolute Gasteiger partial charge is 0.494 e. The first-order valence-electron chi connectivity index (χ1n) is 23.9. The van der Waals surface area contributed by atoms with Crippen LogP contribution >= 0.6 is 23.1 Å². The molecular formula is C50H52BrFN13O6P. The lowest BCUT2D eigenvalue weighted by molar-refractivity contribution is -0.136. The minimum Gasteiger partial charge on any atom is -0.494 e. The zero-order valence-electron chi connectivity index (χ0n) is 40.1. The number of methoxy groups -OCH3 is 1. The van der Waals surface area contributed by atoms with Gasteiger partial charge in [0.2, 0.25) is 17.8 Å². The summed E-state index contributed by atoms with van der Waals surface area (Å²) in [6.45, 7) is 8.02. The molecule has 3 aromatic carbocycles. The van der Waals surface area contributed by atoms with Crippen molar-refractivity contribution in [1.82, 2.24) is 44.8 Å². The number of nitrogens with one attached hydrogen (secondary N) is 3. The fourth-order valence-electron chi connectivity index (χ4n) is 11.2. The highest BCUT2D eigenvalue weighted by Gasteiger charge is 2.49. The molecule has 1 aliphatic carbocycles. The van der Waals surface area contributed by atoms with Crippen molar-refractivity contribution in [1.29, 1.82) is 0 Å². The van der Waals surface area contributed by atoms with Crippen molar-refractivity contribution in [3.63, 3.8) is 0 Å². The number of nitrogens with zero attached hydrogens (tertiary/aromatic N) is 10. The number of benzene rings is 3. The van der Waals surface area contributed by atoms with Crippen LogP contribution in [0.3, 0.4) is 0 Å². The molecule has 1 spiro atoms. The van der Waals surface area contributed by atoms with Crippen LogP contribution in [0.4, 0.5) is 38.9 Å². The zero-order chi connectivity index (χ0) is 50.2. The van der Waals surface area contributed by atoms with E-state index < -0.39 is 42.6 Å². The lowest BCUT2D eigenvalue weighted by Gasteiger charge is -2.56. The molecule has 22 heteroatoms. The normalized spacial score (nSPS) is 19.5. The van der Waals surface area contributed by atoms with Gasteiger partial charge < -0.3 is 29.7 Å². The first-order chi connectivity index (χ1) is 34.6. The number of hydrogen-bond acceptors (Lipinski definition) is 16. The van der Waals surface area contributed by atoms with Gasteiger partial charge in [0.05, 0.1) is 56.8 Å². The van der Waals surface area contributed by atoms with Crippen LogP contribution in [0.25, 0.3) is 22.2 Å². The number of halogens is 2. The number of amides is 4. The zero-order valence-corrected chi connectivity index (χ0v) is 42.6. The molecule has 5 aliphatic rings. The summed E-state index contributed by atoms with van der Waals surface area (Å²) in [6, 6.07) is 9.69. The second kappa shape index (κ2) is 18.3. The molecule has 6 aromatic rings. The second-order valence-corrected chi connectivity index (χ2v) is 23.7. The molecule has 372 valence electrons. The van der Waals surface area contributed by atoms with Gasteiger partial charge in [0.25, 0.3) is 11.8 Å². The van der Waals surface area contributed by atoms with Crippen LogP contribution in [0.2, 0.25) is 0 Å². The summed E-state index contributed by atoms with van der Waals surface area (Å²) < 4.78 is 37.8. The fourth-order valence-corrected chi connectivity index (χ4v) is 12.9. The molecule has 72 heavy (non-hydrogen) atoms. The third-order valence-electron chi connectivity index (χ3n) is 14.9. The van der Waals surface area contributed by atoms with Gasteiger partial charge >= 0.3 is 0 Å². The monoisotopic (exact) mass is 1060 g/mol. The van der Waals surface area contributed by atoms with E-state index in [1.807, 2.05) is 42.5 Å². The van der Waals surface area contributed by atoms with Crippen molar-refractivity contribution >= 4 is 97.6 Å². The predicted molar refractivity (Wildman–Crippen MR) is 274 cm³/mol. The van der Waals surface area contributed by atoms with E-state index in [4.69, 9.17) is 9.72 Å². The molecule has 1 unspecified atom stereocenters. The molecule has 19 nitrogen and oxygen atoms in total. The minimum absolute atomic E-state index is 0.0124. The van der Waals surface area contributed by atoms with Crippen LogP contribution in [-0.4, -0.2) is 135 Å². The number of carbonyl (C=O) groups excluding carboxylic acids is 4. The van der Waals surface area contributed by atoms with Crippen LogP contribution in [-0.2, 0) is 21.2 Å². The van der Waals surface area contributed by atoms with Crippen molar-refractivity contribution in [2.75, 3.05) is 80.1 Å². The summed E-state index contributed by atoms with van der Waals surface area (Å²) in [4.78, 5) is 77.2. The topological polar surface area (TPSA) is 213 Å². The highest BCUT2D eigenvalue weighted by Crippen LogP contribution is 2.52. The summed E-state index contributed by atoms with van der Waals surface area (Å²) >= 11 is 3.60. The van der Waals surface area contributed by atoms with E-state index in [2.05, 4.69) is 67.8 Å². The summed E-state index contributed by atoms with van der Waals surface area (Å²) in [5.41, 5.74) is 5.87. The quantitative estimate of drug-likeness (QED) is 0.0941. The van der Waals surface area contributed by atoms with E-state index in [1.54, 1.807) is 43.7 Å². The van der Waals surface area contributed by atoms with Gasteiger partial charge in [0.1, 0.15) is 36.1 Å². The minimum atomic E-state index is -2.83. The van der Waals surface area contributed by atoms with E-state index in [0.717, 1.165) is 79.6 Å². The fraction of sp³-hybridized carbons (Fsp3) is 0.380. The maximum Gasteiger partial charge on any atom is 0.262 e. The average Bonchev–Trinajstić information content (AvgIpc) is 3.89. The van der Waals surface area contributed by atoms with E-state index in [9.17, 15) is 23.7 Å². The maximum atomic E-state index is 15.7. The number of carbonyl (C=O) groups is 4. The van der Waals surface area contributed by atoms with E-state index in [1.165, 1.54) is 6.07 Å². The Labute approximate surface area is 422 Å². The van der Waals surface area contributed by atoms with Gasteiger partial charge in [0, 0.05) is 106 Å². The molecule has 4 aliphatic heterocycles. The molecule has 7 heterocycles. The van der Waals surface area contributed by atoms with Crippen LogP contribution < -0.4 is 35.8 Å². The first kappa shape index (κ1) is 47.5. The molecular weight excluding hydrogens is 1010 g/mol. The SMILES string of the molecule is COc1cc(N2CCN(C3CC4(CCN(c5cc6c(cc5F)C(=O)N(C5CCC(=O)NC5=O)C6=O)CC4)C3)CC2)c(-c2cnn(C)c2)cc1Nc1ncc(Br)c(Nc2ccc3nccnc3c2P(C)(C)=O)n1. The summed E-state index contributed by atoms with van der Waals surface area (Å²) in [7, 11) is 0.706. The van der Waals surface area contributed by atoms with Gasteiger partial charge in [0.15, 0.2) is 0 Å². The highest BCUT2D eigenvalue weighted by atomic mass is 79.9. The number of piperazine rings is 1. The molecule has 4 amide bonds. The Kier molecular flexibility index (Phi) is 12.1. The van der Waals surface area contributed by atoms with Crippen molar-refractivity contribution in [2.24, 2.45) is 12.5 Å². The van der Waals surface area contributed by atoms with Crippen molar-refractivity contribution in [2.45, 2.75) is 50.6 Å². The maximum absolute atomic E-state index is 15.7. The van der Waals surface area contributed by atoms with Gasteiger partial charge in [-0.15, -0.1) is 0 Å². The lowest BCUT2D eigenvalue weighted by Crippen LogP contribution is -2.59. The summed E-state index contributed by atoms with van der Waals surface area (Å²) in [5.74, 6) is -1.71. The molecule has 11 rings (SSSR count). The number of aromatic nitrogens is 6. The van der Waals surface area contributed by atoms with Gasteiger partial charge in [-0.2, -0.15) is 10.1 Å². The summed E-state index contributed by atoms with van der Waals surface area (Å²) in [6.07, 6.45) is 12.6. The Hall–Kier alpha value is -6.83. The van der Waals surface area contributed by atoms with Crippen molar-refractivity contribution < 1.29 is 32.9 Å². The molecule has 3 saturated heterocycles. The Morgan fingerprint density at radius 2 is 1.57 bits per heavy atom. The van der Waals surface area contributed by atoms with Gasteiger partial charge in [-0.1, -0.05) is 0 Å². The molecule has 0 radical (unpaired) electrons. The third-order valence-corrected chi connectivity index (χ3v) is 17.0. The Balaban J connectivity index is 0.750. The van der Waals surface area contributed by atoms with Gasteiger partial charge in [-0.05, 0) is 97.1 Å². The number of fused-ring (bicyclic) bond motifs is 2. The molecule has 3 aromatic heterocycles. The number of hydrogen-bond donors (Lipinski definition) is 3. The standard InChI is InChI=1S/C50H52BrFN13O6P/c1-61-27-28(25-56-61)30-20-37(58-49-55-26-33(51)45(60-49)57-36-6-5-35-43(54-12-11-53-35)44(36)72(3,4)70)41(71-2)22-39(30)64-17-15-62(16-18-64)29-23-50(24-29)9-13-63(14-10-50)40-21-32-31(19-34(40)52)47(68)65(48(32)69)38-7-8-42(66)59-46(38)67/h5-6,11-12,19-22,25-27,29,38H,7-10,13-18,23-24H2,1-4H3,(H,59,66,67)(H2,55,57,58,60). The first-order valence-corrected chi connectivity index (χ1v) is 27.3. The van der Waals surface area contributed by atoms with Crippen LogP contribution in [0.15, 0.2) is 71.9 Å². The van der Waals surface area contributed by atoms with Gasteiger partial charge in [-0.3, -0.25) is 48.9 Å². The Morgan fingerprint density at radius 1 is 0.847 bits per heavy atom. The van der Waals surface area contributed by atoms with Crippen molar-refractivity contribution in [3.05, 3.63) is 88.8 Å². The van der Waals surface area contributed by atoms with Crippen LogP contribution in [0, 0.1) is 11.2 Å². The molecule has 3 N–H and O–H groups in total. The number of ether oxygens (including phenoxy) is 1. The summed E-state index contributed by atoms with van der Waals surface area (Å²) in [5, 5.41) is 14.1. The number of piperidine rings is 2. The number of aryl methyl sites for hydroxylation is 1. The van der Waals surface area contributed by atoms with E-state index in [0.29, 0.717) is 68.8 Å². The molecule has 0 bridgehead atoms. The Bertz CT molecular complexity index is 3270. The van der Waals surface area contributed by atoms with E-state index in [-0.39, 0.29) is 35.1 Å². The predicted octanol–water partition coefficient (Wildman–Crippen LogP) is 6.44. The van der Waals surface area contributed by atoms with Gasteiger partial charge in [-0.25, -0.2) is 9.37 Å². The van der Waals surface area contributed by atoms with Crippen LogP contribution in [0.5, 0.6) is 5.75 Å². The second-order valence-electron chi connectivity index (χ2n) is 19.7. The lowest BCUT2D eigenvalue weighted by atomic mass is 9.60. The molecule has 4 fully saturated rings. The average molecular weight is 1060 g/mol. The van der Waals surface area contributed by atoms with E-state index >= 15 is 4.39 Å².